The molecule has 3 unspecified atom stereocenters. The third kappa shape index (κ3) is 3.22. The van der Waals surface area contributed by atoms with Gasteiger partial charge in [-0.2, -0.15) is 0 Å². The van der Waals surface area contributed by atoms with Crippen LogP contribution < -0.4 is 5.32 Å². The van der Waals surface area contributed by atoms with E-state index in [2.05, 4.69) is 25.2 Å². The van der Waals surface area contributed by atoms with Crippen LogP contribution in [0.3, 0.4) is 0 Å². The lowest BCUT2D eigenvalue weighted by Gasteiger charge is -2.32. The monoisotopic (exact) mass is 257 g/mol. The van der Waals surface area contributed by atoms with Gasteiger partial charge in [0.2, 0.25) is 0 Å². The lowest BCUT2D eigenvalue weighted by atomic mass is 9.79. The molecule has 16 heavy (non-hydrogen) atoms. The number of halogens is 1. The van der Waals surface area contributed by atoms with Crippen LogP contribution in [0.2, 0.25) is 5.02 Å². The standard InChI is InChI=1S/C13H20ClNS/c1-9-3-4-12(5-10(9)2)15-7-13-6-11(14)8-16-13/h6,8-10,12,15H,3-5,7H2,1-2H3. The van der Waals surface area contributed by atoms with Crippen molar-refractivity contribution in [2.45, 2.75) is 45.7 Å². The summed E-state index contributed by atoms with van der Waals surface area (Å²) in [4.78, 5) is 1.34. The van der Waals surface area contributed by atoms with Crippen LogP contribution >= 0.6 is 22.9 Å². The maximum absolute atomic E-state index is 5.91. The summed E-state index contributed by atoms with van der Waals surface area (Å²) in [6, 6.07) is 2.76. The molecule has 0 aliphatic heterocycles. The minimum atomic E-state index is 0.701. The van der Waals surface area contributed by atoms with Crippen molar-refractivity contribution in [3.05, 3.63) is 21.3 Å². The van der Waals surface area contributed by atoms with Crippen molar-refractivity contribution in [2.24, 2.45) is 11.8 Å². The number of rotatable bonds is 3. The van der Waals surface area contributed by atoms with Crippen LogP contribution in [-0.4, -0.2) is 6.04 Å². The Morgan fingerprint density at radius 1 is 1.38 bits per heavy atom. The van der Waals surface area contributed by atoms with Gasteiger partial charge in [0.1, 0.15) is 0 Å². The summed E-state index contributed by atoms with van der Waals surface area (Å²) in [5.41, 5.74) is 0. The van der Waals surface area contributed by atoms with Gasteiger partial charge in [-0.3, -0.25) is 0 Å². The Balaban J connectivity index is 1.78. The largest absolute Gasteiger partial charge is 0.309 e. The summed E-state index contributed by atoms with van der Waals surface area (Å²) >= 11 is 7.65. The van der Waals surface area contributed by atoms with E-state index in [1.165, 1.54) is 24.1 Å². The van der Waals surface area contributed by atoms with Crippen molar-refractivity contribution in [1.82, 2.24) is 5.32 Å². The fourth-order valence-corrected chi connectivity index (χ4v) is 3.45. The van der Waals surface area contributed by atoms with Gasteiger partial charge >= 0.3 is 0 Å². The van der Waals surface area contributed by atoms with E-state index in [0.29, 0.717) is 6.04 Å². The molecule has 1 aromatic rings. The summed E-state index contributed by atoms with van der Waals surface area (Å²) in [5, 5.41) is 6.53. The molecule has 1 saturated carbocycles. The maximum Gasteiger partial charge on any atom is 0.0516 e. The topological polar surface area (TPSA) is 12.0 Å². The second-order valence-corrected chi connectivity index (χ2v) is 6.51. The SMILES string of the molecule is CC1CCC(NCc2cc(Cl)cs2)CC1C. The number of hydrogen-bond donors (Lipinski definition) is 1. The Kier molecular flexibility index (Phi) is 4.28. The molecular formula is C13H20ClNS. The first-order chi connectivity index (χ1) is 7.65. The Hall–Kier alpha value is -0.0500. The highest BCUT2D eigenvalue weighted by Crippen LogP contribution is 2.29. The average Bonchev–Trinajstić information content (AvgIpc) is 2.66. The molecule has 0 radical (unpaired) electrons. The average molecular weight is 258 g/mol. The number of nitrogens with one attached hydrogen (secondary N) is 1. The van der Waals surface area contributed by atoms with Gasteiger partial charge in [0, 0.05) is 22.8 Å². The molecule has 3 atom stereocenters. The summed E-state index contributed by atoms with van der Waals surface area (Å²) < 4.78 is 0. The second kappa shape index (κ2) is 5.52. The number of thiophene rings is 1. The van der Waals surface area contributed by atoms with Crippen molar-refractivity contribution in [2.75, 3.05) is 0 Å². The molecule has 1 aliphatic rings. The zero-order valence-corrected chi connectivity index (χ0v) is 11.6. The fraction of sp³-hybridized carbons (Fsp3) is 0.692. The van der Waals surface area contributed by atoms with E-state index in [-0.39, 0.29) is 0 Å². The highest BCUT2D eigenvalue weighted by atomic mass is 35.5. The van der Waals surface area contributed by atoms with E-state index in [9.17, 15) is 0 Å². The van der Waals surface area contributed by atoms with Crippen LogP contribution in [0.25, 0.3) is 0 Å². The van der Waals surface area contributed by atoms with Gasteiger partial charge in [0.05, 0.1) is 5.02 Å². The first kappa shape index (κ1) is 12.4. The van der Waals surface area contributed by atoms with E-state index >= 15 is 0 Å². The second-order valence-electron chi connectivity index (χ2n) is 5.08. The number of hydrogen-bond acceptors (Lipinski definition) is 2. The first-order valence-corrected chi connectivity index (χ1v) is 7.37. The summed E-state index contributed by atoms with van der Waals surface area (Å²) in [5.74, 6) is 1.76. The molecule has 0 saturated heterocycles. The van der Waals surface area contributed by atoms with E-state index in [1.54, 1.807) is 11.3 Å². The minimum absolute atomic E-state index is 0.701. The van der Waals surface area contributed by atoms with Gasteiger partial charge in [-0.15, -0.1) is 11.3 Å². The van der Waals surface area contributed by atoms with Crippen LogP contribution in [0.5, 0.6) is 0 Å². The Morgan fingerprint density at radius 3 is 2.81 bits per heavy atom. The summed E-state index contributed by atoms with van der Waals surface area (Å²) in [6.45, 7) is 5.73. The Bertz CT molecular complexity index is 336. The fourth-order valence-electron chi connectivity index (χ4n) is 2.42. The lowest BCUT2D eigenvalue weighted by Crippen LogP contribution is -2.35. The third-order valence-electron chi connectivity index (χ3n) is 3.78. The summed E-state index contributed by atoms with van der Waals surface area (Å²) in [6.07, 6.45) is 4.01. The Labute approximate surface area is 107 Å². The molecular weight excluding hydrogens is 238 g/mol. The van der Waals surface area contributed by atoms with Gasteiger partial charge in [-0.25, -0.2) is 0 Å². The van der Waals surface area contributed by atoms with E-state index < -0.39 is 0 Å². The summed E-state index contributed by atoms with van der Waals surface area (Å²) in [7, 11) is 0. The molecule has 0 amide bonds. The zero-order chi connectivity index (χ0) is 11.5. The van der Waals surface area contributed by atoms with Crippen LogP contribution in [0.4, 0.5) is 0 Å². The molecule has 0 bridgehead atoms. The van der Waals surface area contributed by atoms with Crippen molar-refractivity contribution in [1.29, 1.82) is 0 Å². The highest BCUT2D eigenvalue weighted by Gasteiger charge is 2.23. The molecule has 1 heterocycles. The van der Waals surface area contributed by atoms with Crippen LogP contribution in [0, 0.1) is 11.8 Å². The predicted molar refractivity (Wildman–Crippen MR) is 72.1 cm³/mol. The van der Waals surface area contributed by atoms with E-state index in [0.717, 1.165) is 23.4 Å². The van der Waals surface area contributed by atoms with Crippen LogP contribution in [0.1, 0.15) is 38.0 Å². The molecule has 1 fully saturated rings. The quantitative estimate of drug-likeness (QED) is 0.851. The van der Waals surface area contributed by atoms with Gasteiger partial charge < -0.3 is 5.32 Å². The molecule has 0 spiro atoms. The smallest absolute Gasteiger partial charge is 0.0516 e. The van der Waals surface area contributed by atoms with Crippen molar-refractivity contribution < 1.29 is 0 Å². The van der Waals surface area contributed by atoms with Crippen molar-refractivity contribution in [3.63, 3.8) is 0 Å². The third-order valence-corrected chi connectivity index (χ3v) is 5.07. The maximum atomic E-state index is 5.91. The molecule has 1 aromatic heterocycles. The van der Waals surface area contributed by atoms with Crippen molar-refractivity contribution in [3.8, 4) is 0 Å². The van der Waals surface area contributed by atoms with Crippen LogP contribution in [0.15, 0.2) is 11.4 Å². The zero-order valence-electron chi connectivity index (χ0n) is 10.0. The first-order valence-electron chi connectivity index (χ1n) is 6.11. The molecule has 1 nitrogen and oxygen atoms in total. The minimum Gasteiger partial charge on any atom is -0.309 e. The molecule has 1 aliphatic carbocycles. The molecule has 3 heteroatoms. The normalized spacial score (nSPS) is 30.6. The van der Waals surface area contributed by atoms with Crippen molar-refractivity contribution >= 4 is 22.9 Å². The molecule has 2 rings (SSSR count). The van der Waals surface area contributed by atoms with Gasteiger partial charge in [-0.1, -0.05) is 25.4 Å². The molecule has 1 N–H and O–H groups in total. The van der Waals surface area contributed by atoms with E-state index in [1.807, 2.05) is 5.38 Å². The van der Waals surface area contributed by atoms with Crippen LogP contribution in [-0.2, 0) is 6.54 Å². The van der Waals surface area contributed by atoms with Gasteiger partial charge in [0.25, 0.3) is 0 Å². The predicted octanol–water partition coefficient (Wildman–Crippen LogP) is 4.32. The van der Waals surface area contributed by atoms with Gasteiger partial charge in [-0.05, 0) is 37.2 Å². The lowest BCUT2D eigenvalue weighted by molar-refractivity contribution is 0.226. The van der Waals surface area contributed by atoms with Gasteiger partial charge in [0.15, 0.2) is 0 Å². The molecule has 90 valence electrons. The highest BCUT2D eigenvalue weighted by molar-refractivity contribution is 7.10. The van der Waals surface area contributed by atoms with E-state index in [4.69, 9.17) is 11.6 Å². The molecule has 0 aromatic carbocycles. The Morgan fingerprint density at radius 2 is 2.19 bits per heavy atom.